The van der Waals surface area contributed by atoms with Crippen LogP contribution in [0.2, 0.25) is 0 Å². The largest absolute Gasteiger partial charge is 0.496 e. The molecule has 1 saturated carbocycles. The first-order valence-electron chi connectivity index (χ1n) is 9.63. The van der Waals surface area contributed by atoms with Crippen molar-refractivity contribution < 1.29 is 9.47 Å². The topological polar surface area (TPSA) is 68.9 Å². The van der Waals surface area contributed by atoms with E-state index in [1.54, 1.807) is 7.11 Å². The molecule has 1 unspecified atom stereocenters. The van der Waals surface area contributed by atoms with E-state index in [4.69, 9.17) is 20.2 Å². The van der Waals surface area contributed by atoms with Crippen LogP contribution in [-0.2, 0) is 5.41 Å². The Hall–Kier alpha value is -2.69. The summed E-state index contributed by atoms with van der Waals surface area (Å²) in [5.41, 5.74) is 8.68. The van der Waals surface area contributed by atoms with Gasteiger partial charge < -0.3 is 20.5 Å². The Balaban J connectivity index is 1.49. The number of hydrogen-bond acceptors (Lipinski definition) is 3. The standard InChI is InChI=1S/C22H27N3O2/c1-26-20-10-5-3-8-17(20)22(12-6-13-22)15-24-21(23)25-18-11-14-27-19-9-4-2-7-16(18)19/h2-5,7-10,18H,6,11-15H2,1H3,(H3,23,24,25). The second-order valence-electron chi connectivity index (χ2n) is 7.41. The van der Waals surface area contributed by atoms with Crippen molar-refractivity contribution in [2.75, 3.05) is 20.3 Å². The predicted molar refractivity (Wildman–Crippen MR) is 107 cm³/mol. The highest BCUT2D eigenvalue weighted by Gasteiger charge is 2.40. The van der Waals surface area contributed by atoms with Crippen LogP contribution in [-0.4, -0.2) is 26.2 Å². The van der Waals surface area contributed by atoms with Crippen LogP contribution < -0.4 is 20.5 Å². The van der Waals surface area contributed by atoms with Gasteiger partial charge in [-0.2, -0.15) is 0 Å². The maximum atomic E-state index is 6.26. The number of methoxy groups -OCH3 is 1. The lowest BCUT2D eigenvalue weighted by Crippen LogP contribution is -2.41. The van der Waals surface area contributed by atoms with Crippen LogP contribution in [0.5, 0.6) is 11.5 Å². The van der Waals surface area contributed by atoms with E-state index in [0.717, 1.165) is 36.3 Å². The maximum absolute atomic E-state index is 6.26. The van der Waals surface area contributed by atoms with Gasteiger partial charge in [0.1, 0.15) is 11.5 Å². The lowest BCUT2D eigenvalue weighted by atomic mass is 9.64. The van der Waals surface area contributed by atoms with Gasteiger partial charge in [-0.05, 0) is 25.0 Å². The summed E-state index contributed by atoms with van der Waals surface area (Å²) in [7, 11) is 1.73. The molecular weight excluding hydrogens is 338 g/mol. The third-order valence-corrected chi connectivity index (χ3v) is 5.82. The molecule has 0 saturated heterocycles. The molecule has 0 radical (unpaired) electrons. The van der Waals surface area contributed by atoms with Crippen molar-refractivity contribution in [1.29, 1.82) is 0 Å². The molecule has 3 N–H and O–H groups in total. The molecule has 2 aromatic rings. The summed E-state index contributed by atoms with van der Waals surface area (Å²) in [6, 6.07) is 16.5. The van der Waals surface area contributed by atoms with E-state index in [1.165, 1.54) is 12.0 Å². The smallest absolute Gasteiger partial charge is 0.189 e. The minimum absolute atomic E-state index is 0.0342. The third-order valence-electron chi connectivity index (χ3n) is 5.82. The summed E-state index contributed by atoms with van der Waals surface area (Å²) in [5.74, 6) is 2.37. The average Bonchev–Trinajstić information content (AvgIpc) is 2.68. The highest BCUT2D eigenvalue weighted by Crippen LogP contribution is 2.47. The van der Waals surface area contributed by atoms with Gasteiger partial charge in [-0.25, -0.2) is 0 Å². The van der Waals surface area contributed by atoms with Gasteiger partial charge in [0.15, 0.2) is 5.96 Å². The number of aliphatic imine (C=N–C) groups is 1. The number of ether oxygens (including phenoxy) is 2. The summed E-state index contributed by atoms with van der Waals surface area (Å²) in [6.07, 6.45) is 4.33. The van der Waals surface area contributed by atoms with Crippen LogP contribution >= 0.6 is 0 Å². The zero-order chi connectivity index (χ0) is 18.7. The van der Waals surface area contributed by atoms with E-state index in [-0.39, 0.29) is 11.5 Å². The van der Waals surface area contributed by atoms with Crippen molar-refractivity contribution >= 4 is 5.96 Å². The number of rotatable bonds is 5. The number of hydrogen-bond donors (Lipinski definition) is 2. The zero-order valence-corrected chi connectivity index (χ0v) is 15.8. The maximum Gasteiger partial charge on any atom is 0.189 e. The van der Waals surface area contributed by atoms with Crippen LogP contribution in [0.3, 0.4) is 0 Å². The van der Waals surface area contributed by atoms with Gasteiger partial charge in [-0.3, -0.25) is 4.99 Å². The molecule has 1 fully saturated rings. The molecule has 2 aromatic carbocycles. The number of nitrogens with zero attached hydrogens (tertiary/aromatic N) is 1. The molecule has 142 valence electrons. The molecule has 0 spiro atoms. The normalized spacial score (nSPS) is 20.8. The lowest BCUT2D eigenvalue weighted by Gasteiger charge is -2.42. The van der Waals surface area contributed by atoms with E-state index in [1.807, 2.05) is 30.3 Å². The Morgan fingerprint density at radius 1 is 1.22 bits per heavy atom. The lowest BCUT2D eigenvalue weighted by molar-refractivity contribution is 0.243. The third kappa shape index (κ3) is 3.46. The highest BCUT2D eigenvalue weighted by atomic mass is 16.5. The van der Waals surface area contributed by atoms with Crippen LogP contribution in [0.4, 0.5) is 0 Å². The molecule has 27 heavy (non-hydrogen) atoms. The predicted octanol–water partition coefficient (Wildman–Crippen LogP) is 3.55. The molecule has 0 aromatic heterocycles. The number of para-hydroxylation sites is 2. The number of nitrogens with two attached hydrogens (primary N) is 1. The van der Waals surface area contributed by atoms with Gasteiger partial charge in [0.25, 0.3) is 0 Å². The van der Waals surface area contributed by atoms with Crippen LogP contribution in [0.1, 0.15) is 42.9 Å². The summed E-state index contributed by atoms with van der Waals surface area (Å²) in [6.45, 7) is 1.37. The van der Waals surface area contributed by atoms with Gasteiger partial charge in [-0.15, -0.1) is 0 Å². The molecule has 2 aliphatic rings. The van der Waals surface area contributed by atoms with E-state index in [2.05, 4.69) is 23.5 Å². The number of fused-ring (bicyclic) bond motifs is 1. The van der Waals surface area contributed by atoms with Crippen molar-refractivity contribution in [1.82, 2.24) is 5.32 Å². The Morgan fingerprint density at radius 3 is 2.78 bits per heavy atom. The first kappa shape index (κ1) is 17.7. The zero-order valence-electron chi connectivity index (χ0n) is 15.8. The number of nitrogens with one attached hydrogen (secondary N) is 1. The second kappa shape index (κ2) is 7.51. The van der Waals surface area contributed by atoms with Gasteiger partial charge >= 0.3 is 0 Å². The first-order valence-corrected chi connectivity index (χ1v) is 9.63. The van der Waals surface area contributed by atoms with Gasteiger partial charge in [-0.1, -0.05) is 42.8 Å². The summed E-state index contributed by atoms with van der Waals surface area (Å²) >= 11 is 0. The average molecular weight is 365 g/mol. The number of benzene rings is 2. The Morgan fingerprint density at radius 2 is 2.00 bits per heavy atom. The van der Waals surface area contributed by atoms with Crippen molar-refractivity contribution in [2.24, 2.45) is 10.7 Å². The molecule has 1 heterocycles. The summed E-state index contributed by atoms with van der Waals surface area (Å²) < 4.78 is 11.3. The highest BCUT2D eigenvalue weighted by molar-refractivity contribution is 5.78. The molecule has 5 heteroatoms. The van der Waals surface area contributed by atoms with Crippen molar-refractivity contribution in [3.05, 3.63) is 59.7 Å². The van der Waals surface area contributed by atoms with Gasteiger partial charge in [0, 0.05) is 23.0 Å². The SMILES string of the molecule is COc1ccccc1C1(CN=C(N)NC2CCOc3ccccc32)CCC1. The summed E-state index contributed by atoms with van der Waals surface area (Å²) in [5, 5.41) is 3.39. The first-order chi connectivity index (χ1) is 13.2. The van der Waals surface area contributed by atoms with E-state index >= 15 is 0 Å². The van der Waals surface area contributed by atoms with Gasteiger partial charge in [0.05, 0.1) is 26.3 Å². The fraction of sp³-hybridized carbons (Fsp3) is 0.409. The molecule has 0 amide bonds. The number of guanidine groups is 1. The van der Waals surface area contributed by atoms with E-state index in [9.17, 15) is 0 Å². The van der Waals surface area contributed by atoms with Crippen molar-refractivity contribution in [2.45, 2.75) is 37.1 Å². The van der Waals surface area contributed by atoms with E-state index < -0.39 is 0 Å². The molecule has 4 rings (SSSR count). The molecule has 5 nitrogen and oxygen atoms in total. The van der Waals surface area contributed by atoms with Crippen LogP contribution in [0, 0.1) is 0 Å². The molecule has 0 bridgehead atoms. The molecular formula is C22H27N3O2. The van der Waals surface area contributed by atoms with E-state index in [0.29, 0.717) is 19.1 Å². The quantitative estimate of drug-likeness (QED) is 0.628. The summed E-state index contributed by atoms with van der Waals surface area (Å²) in [4.78, 5) is 4.72. The minimum Gasteiger partial charge on any atom is -0.496 e. The van der Waals surface area contributed by atoms with Crippen LogP contribution in [0.15, 0.2) is 53.5 Å². The van der Waals surface area contributed by atoms with Crippen molar-refractivity contribution in [3.8, 4) is 11.5 Å². The molecule has 1 aliphatic heterocycles. The monoisotopic (exact) mass is 365 g/mol. The Bertz CT molecular complexity index is 830. The van der Waals surface area contributed by atoms with Crippen LogP contribution in [0.25, 0.3) is 0 Å². The Labute approximate surface area is 160 Å². The fourth-order valence-corrected chi connectivity index (χ4v) is 4.15. The Kier molecular flexibility index (Phi) is 4.92. The molecule has 1 aliphatic carbocycles. The molecule has 1 atom stereocenters. The second-order valence-corrected chi connectivity index (χ2v) is 7.41. The minimum atomic E-state index is 0.0342. The fourth-order valence-electron chi connectivity index (χ4n) is 4.15. The van der Waals surface area contributed by atoms with Crippen molar-refractivity contribution in [3.63, 3.8) is 0 Å². The van der Waals surface area contributed by atoms with Gasteiger partial charge in [0.2, 0.25) is 0 Å².